The highest BCUT2D eigenvalue weighted by atomic mass is 16.5. The van der Waals surface area contributed by atoms with Gasteiger partial charge < -0.3 is 19.5 Å². The van der Waals surface area contributed by atoms with E-state index in [1.165, 1.54) is 7.11 Å². The number of benzene rings is 1. The summed E-state index contributed by atoms with van der Waals surface area (Å²) in [5.74, 6) is 0.881. The van der Waals surface area contributed by atoms with E-state index >= 15 is 0 Å². The topological polar surface area (TPSA) is 85.2 Å². The maximum absolute atomic E-state index is 13.6. The third kappa shape index (κ3) is 5.23. The number of amides is 1. The van der Waals surface area contributed by atoms with Crippen LogP contribution >= 0.6 is 0 Å². The Labute approximate surface area is 199 Å². The lowest BCUT2D eigenvalue weighted by molar-refractivity contribution is -0.117. The number of methoxy groups -OCH3 is 1. The number of carbonyl (C=O) groups is 1. The number of aryl methyl sites for hydroxylation is 2. The maximum Gasteiger partial charge on any atom is 0.247 e. The minimum Gasteiger partial charge on any atom is -0.480 e. The zero-order valence-electron chi connectivity index (χ0n) is 19.8. The number of nitrogens with zero attached hydrogens (tertiary/aromatic N) is 5. The van der Waals surface area contributed by atoms with Crippen LogP contribution in [0.2, 0.25) is 0 Å². The Hall–Kier alpha value is -4.20. The van der Waals surface area contributed by atoms with Gasteiger partial charge in [0.15, 0.2) is 0 Å². The van der Waals surface area contributed by atoms with Gasteiger partial charge in [0.2, 0.25) is 11.8 Å². The first-order chi connectivity index (χ1) is 16.4. The molecule has 3 heterocycles. The van der Waals surface area contributed by atoms with E-state index in [0.29, 0.717) is 23.8 Å². The molecular formula is C26H28N6O2. The van der Waals surface area contributed by atoms with E-state index in [1.807, 2.05) is 85.2 Å². The van der Waals surface area contributed by atoms with Crippen molar-refractivity contribution in [1.82, 2.24) is 19.5 Å². The fourth-order valence-corrected chi connectivity index (χ4v) is 3.79. The molecule has 8 heteroatoms. The minimum atomic E-state index is -0.506. The van der Waals surface area contributed by atoms with Gasteiger partial charge in [-0.3, -0.25) is 9.78 Å². The highest BCUT2D eigenvalue weighted by Gasteiger charge is 2.26. The molecule has 0 saturated heterocycles. The molecular weight excluding hydrogens is 428 g/mol. The lowest BCUT2D eigenvalue weighted by Crippen LogP contribution is -2.44. The molecule has 0 spiro atoms. The van der Waals surface area contributed by atoms with Crippen molar-refractivity contribution in [2.24, 2.45) is 7.05 Å². The second kappa shape index (κ2) is 10.2. The Kier molecular flexibility index (Phi) is 6.87. The van der Waals surface area contributed by atoms with Crippen molar-refractivity contribution in [3.05, 3.63) is 84.7 Å². The summed E-state index contributed by atoms with van der Waals surface area (Å²) in [4.78, 5) is 28.6. The van der Waals surface area contributed by atoms with Crippen molar-refractivity contribution in [3.8, 4) is 17.0 Å². The van der Waals surface area contributed by atoms with Gasteiger partial charge in [0.1, 0.15) is 17.5 Å². The standard InChI is InChI=1S/C26H28N6O2/c1-18-12-20(10-11-27-18)21-14-22(26(34-4)28-15-21)30-25(33)23(13-19-8-6-5-7-9-19)32(3)24-16-31(2)17-29-24/h5-12,14-17,23H,13H2,1-4H3,(H,30,33)/t23-/m0/s1. The Morgan fingerprint density at radius 2 is 1.91 bits per heavy atom. The second-order valence-corrected chi connectivity index (χ2v) is 8.17. The third-order valence-electron chi connectivity index (χ3n) is 5.63. The summed E-state index contributed by atoms with van der Waals surface area (Å²) in [6, 6.07) is 15.2. The van der Waals surface area contributed by atoms with E-state index < -0.39 is 6.04 Å². The highest BCUT2D eigenvalue weighted by Crippen LogP contribution is 2.29. The van der Waals surface area contributed by atoms with Crippen LogP contribution in [0.1, 0.15) is 11.3 Å². The van der Waals surface area contributed by atoms with E-state index in [-0.39, 0.29) is 5.91 Å². The second-order valence-electron chi connectivity index (χ2n) is 8.17. The number of nitrogens with one attached hydrogen (secondary N) is 1. The zero-order valence-corrected chi connectivity index (χ0v) is 19.8. The number of hydrogen-bond donors (Lipinski definition) is 1. The van der Waals surface area contributed by atoms with Crippen LogP contribution < -0.4 is 15.0 Å². The monoisotopic (exact) mass is 456 g/mol. The average Bonchev–Trinajstić information content (AvgIpc) is 3.29. The summed E-state index contributed by atoms with van der Waals surface area (Å²) in [5.41, 5.74) is 4.28. The minimum absolute atomic E-state index is 0.180. The first-order valence-electron chi connectivity index (χ1n) is 11.0. The molecule has 1 N–H and O–H groups in total. The van der Waals surface area contributed by atoms with E-state index in [1.54, 1.807) is 18.7 Å². The SMILES string of the molecule is COc1ncc(-c2ccnc(C)c2)cc1NC(=O)[C@H](Cc1ccccc1)N(C)c1cn(C)cn1. The summed E-state index contributed by atoms with van der Waals surface area (Å²) in [6.07, 6.45) is 7.60. The van der Waals surface area contributed by atoms with Crippen molar-refractivity contribution < 1.29 is 9.53 Å². The molecule has 0 saturated carbocycles. The molecule has 0 unspecified atom stereocenters. The number of carbonyl (C=O) groups excluding carboxylic acids is 1. The van der Waals surface area contributed by atoms with E-state index in [9.17, 15) is 4.79 Å². The molecule has 1 atom stereocenters. The van der Waals surface area contributed by atoms with E-state index in [0.717, 1.165) is 22.4 Å². The van der Waals surface area contributed by atoms with Gasteiger partial charge in [-0.1, -0.05) is 30.3 Å². The number of likely N-dealkylation sites (N-methyl/N-ethyl adjacent to an activating group) is 1. The number of anilines is 2. The van der Waals surface area contributed by atoms with Crippen molar-refractivity contribution >= 4 is 17.4 Å². The highest BCUT2D eigenvalue weighted by molar-refractivity contribution is 5.98. The molecule has 0 bridgehead atoms. The number of imidazole rings is 1. The smallest absolute Gasteiger partial charge is 0.247 e. The van der Waals surface area contributed by atoms with Gasteiger partial charge in [-0.05, 0) is 36.2 Å². The Balaban J connectivity index is 1.65. The molecule has 1 aromatic carbocycles. The fourth-order valence-electron chi connectivity index (χ4n) is 3.79. The van der Waals surface area contributed by atoms with Gasteiger partial charge in [-0.2, -0.15) is 0 Å². The predicted octanol–water partition coefficient (Wildman–Crippen LogP) is 3.88. The predicted molar refractivity (Wildman–Crippen MR) is 133 cm³/mol. The first-order valence-corrected chi connectivity index (χ1v) is 11.0. The maximum atomic E-state index is 13.6. The average molecular weight is 457 g/mol. The molecule has 0 radical (unpaired) electrons. The van der Waals surface area contributed by atoms with Crippen LogP contribution in [0.5, 0.6) is 5.88 Å². The van der Waals surface area contributed by atoms with Crippen molar-refractivity contribution in [2.75, 3.05) is 24.4 Å². The lowest BCUT2D eigenvalue weighted by Gasteiger charge is -2.27. The van der Waals surface area contributed by atoms with Crippen molar-refractivity contribution in [3.63, 3.8) is 0 Å². The number of rotatable bonds is 8. The number of aromatic nitrogens is 4. The largest absolute Gasteiger partial charge is 0.480 e. The van der Waals surface area contributed by atoms with Crippen LogP contribution in [0.4, 0.5) is 11.5 Å². The summed E-state index contributed by atoms with van der Waals surface area (Å²) < 4.78 is 7.30. The first kappa shape index (κ1) is 23.0. The molecule has 1 amide bonds. The molecule has 34 heavy (non-hydrogen) atoms. The Morgan fingerprint density at radius 1 is 1.12 bits per heavy atom. The Bertz CT molecular complexity index is 1270. The van der Waals surface area contributed by atoms with Gasteiger partial charge >= 0.3 is 0 Å². The molecule has 0 aliphatic rings. The normalized spacial score (nSPS) is 11.6. The molecule has 8 nitrogen and oxygen atoms in total. The van der Waals surface area contributed by atoms with E-state index in [4.69, 9.17) is 4.74 Å². The van der Waals surface area contributed by atoms with Crippen molar-refractivity contribution in [2.45, 2.75) is 19.4 Å². The van der Waals surface area contributed by atoms with Gasteiger partial charge in [0.25, 0.3) is 0 Å². The molecule has 0 aliphatic carbocycles. The number of hydrogen-bond acceptors (Lipinski definition) is 6. The van der Waals surface area contributed by atoms with Crippen LogP contribution in [0, 0.1) is 6.92 Å². The fraction of sp³-hybridized carbons (Fsp3) is 0.231. The lowest BCUT2D eigenvalue weighted by atomic mass is 10.0. The summed E-state index contributed by atoms with van der Waals surface area (Å²) in [7, 11) is 5.32. The number of pyridine rings is 2. The van der Waals surface area contributed by atoms with Crippen LogP contribution in [-0.4, -0.2) is 45.6 Å². The third-order valence-corrected chi connectivity index (χ3v) is 5.63. The van der Waals surface area contributed by atoms with Gasteiger partial charge in [-0.25, -0.2) is 9.97 Å². The molecule has 174 valence electrons. The van der Waals surface area contributed by atoms with Gasteiger partial charge in [0, 0.05) is 50.4 Å². The zero-order chi connectivity index (χ0) is 24.1. The van der Waals surface area contributed by atoms with Crippen LogP contribution in [-0.2, 0) is 18.3 Å². The summed E-state index contributed by atoms with van der Waals surface area (Å²) in [5, 5.41) is 3.05. The summed E-state index contributed by atoms with van der Waals surface area (Å²) >= 11 is 0. The molecule has 0 fully saturated rings. The van der Waals surface area contributed by atoms with Crippen LogP contribution in [0.25, 0.3) is 11.1 Å². The van der Waals surface area contributed by atoms with Crippen LogP contribution in [0.15, 0.2) is 73.4 Å². The Morgan fingerprint density at radius 3 is 2.59 bits per heavy atom. The van der Waals surface area contributed by atoms with E-state index in [2.05, 4.69) is 20.3 Å². The molecule has 4 rings (SSSR count). The molecule has 4 aromatic rings. The summed E-state index contributed by atoms with van der Waals surface area (Å²) in [6.45, 7) is 1.94. The van der Waals surface area contributed by atoms with Gasteiger partial charge in [-0.15, -0.1) is 0 Å². The quantitative estimate of drug-likeness (QED) is 0.433. The number of ether oxygens (including phenoxy) is 1. The van der Waals surface area contributed by atoms with Crippen LogP contribution in [0.3, 0.4) is 0 Å². The molecule has 0 aliphatic heterocycles. The van der Waals surface area contributed by atoms with Gasteiger partial charge in [0.05, 0.1) is 13.4 Å². The molecule has 3 aromatic heterocycles. The van der Waals surface area contributed by atoms with Crippen molar-refractivity contribution in [1.29, 1.82) is 0 Å².